The highest BCUT2D eigenvalue weighted by Gasteiger charge is 2.11. The Bertz CT molecular complexity index is 806. The highest BCUT2D eigenvalue weighted by molar-refractivity contribution is 9.10. The number of benzene rings is 2. The summed E-state index contributed by atoms with van der Waals surface area (Å²) in [6.07, 6.45) is 0. The number of aryl methyl sites for hydroxylation is 1. The van der Waals surface area contributed by atoms with Gasteiger partial charge in [-0.25, -0.2) is 4.39 Å². The molecule has 0 saturated heterocycles. The Labute approximate surface area is 140 Å². The Morgan fingerprint density at radius 2 is 2.00 bits per heavy atom. The molecule has 112 valence electrons. The van der Waals surface area contributed by atoms with Gasteiger partial charge in [-0.05, 0) is 36.2 Å². The number of aromatic nitrogens is 2. The molecule has 2 aromatic carbocycles. The Morgan fingerprint density at radius 1 is 1.18 bits per heavy atom. The van der Waals surface area contributed by atoms with Crippen molar-refractivity contribution in [2.75, 3.05) is 0 Å². The fraction of sp³-hybridized carbons (Fsp3) is 0.125. The molecule has 6 heteroatoms. The highest BCUT2D eigenvalue weighted by atomic mass is 79.9. The molecule has 0 unspecified atom stereocenters. The van der Waals surface area contributed by atoms with Gasteiger partial charge in [-0.1, -0.05) is 52.0 Å². The van der Waals surface area contributed by atoms with Gasteiger partial charge < -0.3 is 4.42 Å². The van der Waals surface area contributed by atoms with E-state index in [1.807, 2.05) is 31.2 Å². The van der Waals surface area contributed by atoms with Crippen molar-refractivity contribution < 1.29 is 8.81 Å². The van der Waals surface area contributed by atoms with Crippen LogP contribution in [0, 0.1) is 12.7 Å². The van der Waals surface area contributed by atoms with Crippen molar-refractivity contribution in [2.45, 2.75) is 17.9 Å². The third kappa shape index (κ3) is 3.39. The van der Waals surface area contributed by atoms with E-state index in [0.29, 0.717) is 16.9 Å². The second-order valence-corrected chi connectivity index (χ2v) is 6.49. The van der Waals surface area contributed by atoms with E-state index in [1.54, 1.807) is 6.07 Å². The van der Waals surface area contributed by atoms with Crippen molar-refractivity contribution in [1.29, 1.82) is 0 Å². The summed E-state index contributed by atoms with van der Waals surface area (Å²) < 4.78 is 19.5. The van der Waals surface area contributed by atoms with Gasteiger partial charge in [-0.3, -0.25) is 0 Å². The molecule has 0 aliphatic rings. The van der Waals surface area contributed by atoms with Crippen LogP contribution in [-0.2, 0) is 5.75 Å². The second kappa shape index (κ2) is 6.62. The van der Waals surface area contributed by atoms with Gasteiger partial charge >= 0.3 is 0 Å². The molecule has 0 N–H and O–H groups in total. The average molecular weight is 379 g/mol. The van der Waals surface area contributed by atoms with Crippen molar-refractivity contribution in [3.63, 3.8) is 0 Å². The molecular formula is C16H12BrFN2OS. The summed E-state index contributed by atoms with van der Waals surface area (Å²) in [4.78, 5) is 0. The Hall–Kier alpha value is -1.66. The minimum atomic E-state index is -0.264. The summed E-state index contributed by atoms with van der Waals surface area (Å²) in [6.45, 7) is 2.00. The third-order valence-electron chi connectivity index (χ3n) is 3.15. The summed E-state index contributed by atoms with van der Waals surface area (Å²) in [5.74, 6) is 0.870. The van der Waals surface area contributed by atoms with E-state index in [1.165, 1.54) is 23.9 Å². The number of thioether (sulfide) groups is 1. The average Bonchev–Trinajstić information content (AvgIpc) is 2.95. The first kappa shape index (κ1) is 15.2. The molecule has 0 amide bonds. The van der Waals surface area contributed by atoms with Crippen LogP contribution in [-0.4, -0.2) is 10.2 Å². The highest BCUT2D eigenvalue weighted by Crippen LogP contribution is 2.29. The van der Waals surface area contributed by atoms with E-state index in [4.69, 9.17) is 4.42 Å². The fourth-order valence-electron chi connectivity index (χ4n) is 1.97. The molecule has 0 spiro atoms. The summed E-state index contributed by atoms with van der Waals surface area (Å²) in [5, 5.41) is 8.63. The van der Waals surface area contributed by atoms with Crippen molar-refractivity contribution >= 4 is 27.7 Å². The summed E-state index contributed by atoms with van der Waals surface area (Å²) in [7, 11) is 0. The molecule has 1 aromatic heterocycles. The zero-order chi connectivity index (χ0) is 15.5. The number of halogens is 2. The predicted octanol–water partition coefficient (Wildman–Crippen LogP) is 5.24. The maximum Gasteiger partial charge on any atom is 0.277 e. The van der Waals surface area contributed by atoms with Crippen LogP contribution in [0.2, 0.25) is 0 Å². The molecule has 0 aliphatic carbocycles. The van der Waals surface area contributed by atoms with Crippen molar-refractivity contribution in [3.8, 4) is 11.5 Å². The Morgan fingerprint density at radius 3 is 2.77 bits per heavy atom. The van der Waals surface area contributed by atoms with Crippen LogP contribution >= 0.6 is 27.7 Å². The molecular weight excluding hydrogens is 367 g/mol. The topological polar surface area (TPSA) is 38.9 Å². The third-order valence-corrected chi connectivity index (χ3v) is 4.75. The van der Waals surface area contributed by atoms with Gasteiger partial charge in [0, 0.05) is 15.8 Å². The molecule has 3 nitrogen and oxygen atoms in total. The van der Waals surface area contributed by atoms with Crippen LogP contribution in [0.4, 0.5) is 4.39 Å². The predicted molar refractivity (Wildman–Crippen MR) is 88.1 cm³/mol. The van der Waals surface area contributed by atoms with Gasteiger partial charge in [0.2, 0.25) is 5.89 Å². The van der Waals surface area contributed by atoms with Crippen LogP contribution in [0.3, 0.4) is 0 Å². The van der Waals surface area contributed by atoms with Gasteiger partial charge in [-0.2, -0.15) is 0 Å². The van der Waals surface area contributed by atoms with Gasteiger partial charge in [0.25, 0.3) is 5.22 Å². The van der Waals surface area contributed by atoms with Gasteiger partial charge in [0.15, 0.2) is 0 Å². The lowest BCUT2D eigenvalue weighted by Gasteiger charge is -2.02. The van der Waals surface area contributed by atoms with Crippen molar-refractivity contribution in [1.82, 2.24) is 10.2 Å². The van der Waals surface area contributed by atoms with Crippen LogP contribution in [0.1, 0.15) is 11.1 Å². The van der Waals surface area contributed by atoms with Crippen LogP contribution in [0.15, 0.2) is 56.6 Å². The van der Waals surface area contributed by atoms with Crippen LogP contribution in [0.25, 0.3) is 11.5 Å². The molecule has 3 rings (SSSR count). The molecule has 1 heterocycles. The summed E-state index contributed by atoms with van der Waals surface area (Å²) in [5.41, 5.74) is 3.00. The quantitative estimate of drug-likeness (QED) is 0.582. The summed E-state index contributed by atoms with van der Waals surface area (Å²) in [6, 6.07) is 12.5. The van der Waals surface area contributed by atoms with E-state index < -0.39 is 0 Å². The van der Waals surface area contributed by atoms with Gasteiger partial charge in [-0.15, -0.1) is 10.2 Å². The largest absolute Gasteiger partial charge is 0.411 e. The number of rotatable bonds is 4. The zero-order valence-corrected chi connectivity index (χ0v) is 14.1. The van der Waals surface area contributed by atoms with Crippen molar-refractivity contribution in [2.24, 2.45) is 0 Å². The van der Waals surface area contributed by atoms with Crippen molar-refractivity contribution in [3.05, 3.63) is 63.9 Å². The lowest BCUT2D eigenvalue weighted by atomic mass is 10.1. The molecule has 0 fully saturated rings. The van der Waals surface area contributed by atoms with E-state index >= 15 is 0 Å². The lowest BCUT2D eigenvalue weighted by molar-refractivity contribution is 0.465. The second-order valence-electron chi connectivity index (χ2n) is 4.71. The first-order valence-corrected chi connectivity index (χ1v) is 8.37. The smallest absolute Gasteiger partial charge is 0.277 e. The first-order chi connectivity index (χ1) is 10.6. The minimum absolute atomic E-state index is 0.264. The van der Waals surface area contributed by atoms with Crippen LogP contribution < -0.4 is 0 Å². The Kier molecular flexibility index (Phi) is 4.59. The molecule has 22 heavy (non-hydrogen) atoms. The molecule has 0 atom stereocenters. The monoisotopic (exact) mass is 378 g/mol. The Balaban J connectivity index is 1.74. The van der Waals surface area contributed by atoms with E-state index in [9.17, 15) is 4.39 Å². The normalized spacial score (nSPS) is 10.9. The molecule has 3 aromatic rings. The molecule has 0 aliphatic heterocycles. The maximum atomic E-state index is 13.1. The van der Waals surface area contributed by atoms with E-state index in [0.717, 1.165) is 21.2 Å². The fourth-order valence-corrected chi connectivity index (χ4v) is 3.41. The number of nitrogens with zero attached hydrogens (tertiary/aromatic N) is 2. The van der Waals surface area contributed by atoms with Gasteiger partial charge in [0.1, 0.15) is 5.82 Å². The SMILES string of the molecule is Cc1ccccc1-c1nnc(SCc2ccc(F)cc2Br)o1. The van der Waals surface area contributed by atoms with E-state index in [2.05, 4.69) is 26.1 Å². The number of hydrogen-bond donors (Lipinski definition) is 0. The van der Waals surface area contributed by atoms with Gasteiger partial charge in [0.05, 0.1) is 0 Å². The first-order valence-electron chi connectivity index (χ1n) is 6.60. The summed E-state index contributed by atoms with van der Waals surface area (Å²) >= 11 is 4.77. The molecule has 0 radical (unpaired) electrons. The molecule has 0 saturated carbocycles. The molecule has 0 bridgehead atoms. The minimum Gasteiger partial charge on any atom is -0.411 e. The number of hydrogen-bond acceptors (Lipinski definition) is 4. The zero-order valence-electron chi connectivity index (χ0n) is 11.7. The standard InChI is InChI=1S/C16H12BrFN2OS/c1-10-4-2-3-5-13(10)15-19-20-16(21-15)22-9-11-6-7-12(18)8-14(11)17/h2-8H,9H2,1H3. The maximum absolute atomic E-state index is 13.1. The van der Waals surface area contributed by atoms with Crippen LogP contribution in [0.5, 0.6) is 0 Å². The van der Waals surface area contributed by atoms with E-state index in [-0.39, 0.29) is 5.82 Å². The lowest BCUT2D eigenvalue weighted by Crippen LogP contribution is -1.85.